The zero-order chi connectivity index (χ0) is 9.26. The molecule has 0 spiro atoms. The minimum atomic E-state index is 0.391. The Kier molecular flexibility index (Phi) is 2.38. The fourth-order valence-corrected chi connectivity index (χ4v) is 1.75. The monoisotopic (exact) mass is 197 g/mol. The van der Waals surface area contributed by atoms with E-state index in [0.29, 0.717) is 16.9 Å². The van der Waals surface area contributed by atoms with Crippen LogP contribution >= 0.6 is 11.6 Å². The maximum Gasteiger partial charge on any atom is 0.151 e. The largest absolute Gasteiger partial charge is 0.396 e. The topological polar surface area (TPSA) is 50.9 Å². The highest BCUT2D eigenvalue weighted by Crippen LogP contribution is 2.25. The van der Waals surface area contributed by atoms with E-state index in [1.165, 1.54) is 6.42 Å². The van der Waals surface area contributed by atoms with E-state index in [9.17, 15) is 0 Å². The molecule has 4 heteroatoms. The first-order valence-corrected chi connectivity index (χ1v) is 4.79. The Morgan fingerprint density at radius 1 is 1.62 bits per heavy atom. The second-order valence-electron chi connectivity index (χ2n) is 3.30. The molecule has 2 rings (SSSR count). The van der Waals surface area contributed by atoms with E-state index < -0.39 is 0 Å². The molecule has 1 aliphatic heterocycles. The first kappa shape index (κ1) is 8.78. The van der Waals surface area contributed by atoms with Crippen molar-refractivity contribution >= 4 is 17.3 Å². The van der Waals surface area contributed by atoms with Gasteiger partial charge in [0.15, 0.2) is 5.15 Å². The highest BCUT2D eigenvalue weighted by atomic mass is 35.5. The third-order valence-corrected chi connectivity index (χ3v) is 2.67. The number of hydrogen-bond donors (Lipinski definition) is 2. The Morgan fingerprint density at radius 3 is 3.08 bits per heavy atom. The van der Waals surface area contributed by atoms with Gasteiger partial charge in [-0.15, -0.1) is 0 Å². The molecule has 0 aromatic carbocycles. The van der Waals surface area contributed by atoms with Crippen LogP contribution in [0.3, 0.4) is 0 Å². The van der Waals surface area contributed by atoms with Gasteiger partial charge in [-0.2, -0.15) is 0 Å². The minimum absolute atomic E-state index is 0.391. The van der Waals surface area contributed by atoms with E-state index in [2.05, 4.69) is 10.3 Å². The number of nitrogens with two attached hydrogens (primary N) is 1. The summed E-state index contributed by atoms with van der Waals surface area (Å²) in [5.74, 6) is 0. The first-order valence-electron chi connectivity index (χ1n) is 4.41. The molecule has 0 amide bonds. The molecule has 1 fully saturated rings. The molecule has 1 saturated heterocycles. The van der Waals surface area contributed by atoms with Gasteiger partial charge in [0.1, 0.15) is 0 Å². The average Bonchev–Trinajstić information content (AvgIpc) is 2.62. The van der Waals surface area contributed by atoms with Gasteiger partial charge in [-0.1, -0.05) is 11.6 Å². The smallest absolute Gasteiger partial charge is 0.151 e. The number of hydrogen-bond acceptors (Lipinski definition) is 3. The van der Waals surface area contributed by atoms with Crippen LogP contribution in [0.5, 0.6) is 0 Å². The molecule has 70 valence electrons. The molecule has 0 saturated carbocycles. The molecule has 0 aliphatic carbocycles. The third kappa shape index (κ3) is 1.76. The Morgan fingerprint density at radius 2 is 2.46 bits per heavy atom. The molecule has 0 bridgehead atoms. The first-order chi connectivity index (χ1) is 6.27. The molecular weight excluding hydrogens is 186 g/mol. The van der Waals surface area contributed by atoms with Crippen LogP contribution in [0.25, 0.3) is 0 Å². The number of halogens is 1. The van der Waals surface area contributed by atoms with Crippen LogP contribution in [-0.4, -0.2) is 11.5 Å². The average molecular weight is 198 g/mol. The lowest BCUT2D eigenvalue weighted by Gasteiger charge is -2.10. The van der Waals surface area contributed by atoms with Gasteiger partial charge in [-0.05, 0) is 31.0 Å². The second kappa shape index (κ2) is 3.52. The fraction of sp³-hybridized carbons (Fsp3) is 0.444. The zero-order valence-electron chi connectivity index (χ0n) is 7.26. The van der Waals surface area contributed by atoms with Gasteiger partial charge in [0, 0.05) is 12.2 Å². The fourth-order valence-electron chi connectivity index (χ4n) is 1.64. The molecule has 1 unspecified atom stereocenters. The third-order valence-electron chi connectivity index (χ3n) is 2.35. The maximum absolute atomic E-state index is 5.73. The molecule has 3 nitrogen and oxygen atoms in total. The van der Waals surface area contributed by atoms with Crippen molar-refractivity contribution in [2.24, 2.45) is 0 Å². The van der Waals surface area contributed by atoms with E-state index in [1.807, 2.05) is 6.07 Å². The highest BCUT2D eigenvalue weighted by molar-refractivity contribution is 6.31. The molecular formula is C9H12ClN3. The number of nitrogens with one attached hydrogen (secondary N) is 1. The summed E-state index contributed by atoms with van der Waals surface area (Å²) in [7, 11) is 0. The number of pyridine rings is 1. The summed E-state index contributed by atoms with van der Waals surface area (Å²) >= 11 is 5.73. The highest BCUT2D eigenvalue weighted by Gasteiger charge is 2.16. The van der Waals surface area contributed by atoms with Crippen LogP contribution in [0.15, 0.2) is 12.3 Å². The Balaban J connectivity index is 2.25. The van der Waals surface area contributed by atoms with E-state index in [-0.39, 0.29) is 0 Å². The normalized spacial score (nSPS) is 22.1. The molecule has 3 N–H and O–H groups in total. The standard InChI is InChI=1S/C9H12ClN3/c10-9-7(11)4-6(5-13-9)8-2-1-3-12-8/h4-5,8,12H,1-3,11H2. The van der Waals surface area contributed by atoms with Crippen molar-refractivity contribution in [1.82, 2.24) is 10.3 Å². The quantitative estimate of drug-likeness (QED) is 0.675. The Bertz CT molecular complexity index is 308. The van der Waals surface area contributed by atoms with E-state index >= 15 is 0 Å². The summed E-state index contributed by atoms with van der Waals surface area (Å²) in [6.07, 6.45) is 4.16. The summed E-state index contributed by atoms with van der Waals surface area (Å²) < 4.78 is 0. The number of rotatable bonds is 1. The summed E-state index contributed by atoms with van der Waals surface area (Å²) in [6.45, 7) is 1.08. The zero-order valence-corrected chi connectivity index (χ0v) is 8.01. The number of nitrogens with zero attached hydrogens (tertiary/aromatic N) is 1. The van der Waals surface area contributed by atoms with Gasteiger partial charge >= 0.3 is 0 Å². The predicted molar refractivity (Wildman–Crippen MR) is 53.6 cm³/mol. The molecule has 2 heterocycles. The Hall–Kier alpha value is -0.800. The van der Waals surface area contributed by atoms with E-state index in [0.717, 1.165) is 18.5 Å². The van der Waals surface area contributed by atoms with Crippen LogP contribution in [-0.2, 0) is 0 Å². The molecule has 0 radical (unpaired) electrons. The Labute approximate surface area is 82.3 Å². The lowest BCUT2D eigenvalue weighted by molar-refractivity contribution is 0.645. The van der Waals surface area contributed by atoms with Gasteiger partial charge < -0.3 is 11.1 Å². The second-order valence-corrected chi connectivity index (χ2v) is 3.66. The van der Waals surface area contributed by atoms with Crippen molar-refractivity contribution in [3.05, 3.63) is 23.0 Å². The lowest BCUT2D eigenvalue weighted by Crippen LogP contribution is -2.13. The summed E-state index contributed by atoms with van der Waals surface area (Å²) in [5.41, 5.74) is 7.37. The molecule has 1 aromatic heterocycles. The van der Waals surface area contributed by atoms with Gasteiger partial charge in [-0.3, -0.25) is 0 Å². The predicted octanol–water partition coefficient (Wildman–Crippen LogP) is 1.74. The lowest BCUT2D eigenvalue weighted by atomic mass is 10.1. The van der Waals surface area contributed by atoms with Gasteiger partial charge in [0.2, 0.25) is 0 Å². The minimum Gasteiger partial charge on any atom is -0.396 e. The van der Waals surface area contributed by atoms with Crippen molar-refractivity contribution in [2.75, 3.05) is 12.3 Å². The van der Waals surface area contributed by atoms with Crippen molar-refractivity contribution in [2.45, 2.75) is 18.9 Å². The number of anilines is 1. The molecule has 1 aliphatic rings. The summed E-state index contributed by atoms with van der Waals surface area (Å²) in [4.78, 5) is 4.02. The van der Waals surface area contributed by atoms with Crippen molar-refractivity contribution in [3.63, 3.8) is 0 Å². The maximum atomic E-state index is 5.73. The molecule has 13 heavy (non-hydrogen) atoms. The van der Waals surface area contributed by atoms with Crippen LogP contribution in [0.2, 0.25) is 5.15 Å². The molecule has 1 atom stereocenters. The van der Waals surface area contributed by atoms with Crippen LogP contribution in [0, 0.1) is 0 Å². The summed E-state index contributed by atoms with van der Waals surface area (Å²) in [5, 5.41) is 3.77. The number of nitrogen functional groups attached to an aromatic ring is 1. The molecule has 1 aromatic rings. The van der Waals surface area contributed by atoms with Crippen LogP contribution in [0.4, 0.5) is 5.69 Å². The van der Waals surface area contributed by atoms with Crippen molar-refractivity contribution < 1.29 is 0 Å². The van der Waals surface area contributed by atoms with E-state index in [1.54, 1.807) is 6.20 Å². The van der Waals surface area contributed by atoms with Crippen molar-refractivity contribution in [3.8, 4) is 0 Å². The van der Waals surface area contributed by atoms with E-state index in [4.69, 9.17) is 17.3 Å². The van der Waals surface area contributed by atoms with Crippen LogP contribution < -0.4 is 11.1 Å². The van der Waals surface area contributed by atoms with Crippen LogP contribution in [0.1, 0.15) is 24.4 Å². The summed E-state index contributed by atoms with van der Waals surface area (Å²) in [6, 6.07) is 2.31. The number of aromatic nitrogens is 1. The van der Waals surface area contributed by atoms with Gasteiger partial charge in [0.25, 0.3) is 0 Å². The van der Waals surface area contributed by atoms with Gasteiger partial charge in [-0.25, -0.2) is 4.98 Å². The van der Waals surface area contributed by atoms with Gasteiger partial charge in [0.05, 0.1) is 5.69 Å². The van der Waals surface area contributed by atoms with Crippen molar-refractivity contribution in [1.29, 1.82) is 0 Å². The SMILES string of the molecule is Nc1cc(C2CCCN2)cnc1Cl.